The standard InChI is InChI=1S/C23H24N2O5/c1-4-25-22(26)20(15-5-8-17(9-6-15)28-12-14(2)3)21(23(25)27)24-16-7-10-18-19(11-16)30-13-29-18/h5-11,14,24H,4,12-13H2,1-3H3. The van der Waals surface area contributed by atoms with Crippen LogP contribution in [-0.4, -0.2) is 36.7 Å². The van der Waals surface area contributed by atoms with Gasteiger partial charge in [0.1, 0.15) is 11.4 Å². The van der Waals surface area contributed by atoms with Crippen molar-refractivity contribution in [3.63, 3.8) is 0 Å². The molecule has 7 heteroatoms. The lowest BCUT2D eigenvalue weighted by Crippen LogP contribution is -2.32. The molecule has 0 fully saturated rings. The minimum atomic E-state index is -0.352. The summed E-state index contributed by atoms with van der Waals surface area (Å²) in [5.74, 6) is 1.71. The van der Waals surface area contributed by atoms with Crippen molar-refractivity contribution >= 4 is 23.1 Å². The maximum atomic E-state index is 13.0. The number of amides is 2. The Kier molecular flexibility index (Phi) is 5.35. The number of benzene rings is 2. The van der Waals surface area contributed by atoms with Gasteiger partial charge >= 0.3 is 0 Å². The Bertz CT molecular complexity index is 1010. The number of ether oxygens (including phenoxy) is 3. The van der Waals surface area contributed by atoms with Crippen LogP contribution in [0.25, 0.3) is 5.57 Å². The first kappa shape index (κ1) is 19.8. The molecule has 2 aromatic rings. The number of nitrogens with one attached hydrogen (secondary N) is 1. The molecule has 156 valence electrons. The highest BCUT2D eigenvalue weighted by Gasteiger charge is 2.38. The predicted octanol–water partition coefficient (Wildman–Crippen LogP) is 3.66. The smallest absolute Gasteiger partial charge is 0.278 e. The first-order valence-corrected chi connectivity index (χ1v) is 9.98. The number of hydrogen-bond acceptors (Lipinski definition) is 6. The molecule has 0 spiro atoms. The van der Waals surface area contributed by atoms with Crippen molar-refractivity contribution in [3.05, 3.63) is 53.7 Å². The number of rotatable bonds is 7. The van der Waals surface area contributed by atoms with Gasteiger partial charge in [-0.05, 0) is 42.7 Å². The third-order valence-electron chi connectivity index (χ3n) is 4.85. The van der Waals surface area contributed by atoms with Crippen LogP contribution in [0, 0.1) is 5.92 Å². The van der Waals surface area contributed by atoms with Crippen LogP contribution >= 0.6 is 0 Å². The van der Waals surface area contributed by atoms with Gasteiger partial charge in [0.2, 0.25) is 6.79 Å². The number of likely N-dealkylation sites (N-methyl/N-ethyl adjacent to an activating group) is 1. The zero-order valence-electron chi connectivity index (χ0n) is 17.2. The maximum Gasteiger partial charge on any atom is 0.278 e. The highest BCUT2D eigenvalue weighted by atomic mass is 16.7. The fourth-order valence-corrected chi connectivity index (χ4v) is 3.35. The normalized spacial score (nSPS) is 15.4. The largest absolute Gasteiger partial charge is 0.493 e. The summed E-state index contributed by atoms with van der Waals surface area (Å²) < 4.78 is 16.5. The summed E-state index contributed by atoms with van der Waals surface area (Å²) in [6, 6.07) is 12.5. The van der Waals surface area contributed by atoms with Crippen LogP contribution in [0.1, 0.15) is 26.3 Å². The summed E-state index contributed by atoms with van der Waals surface area (Å²) in [4.78, 5) is 27.1. The molecular weight excluding hydrogens is 384 g/mol. The van der Waals surface area contributed by atoms with Gasteiger partial charge in [-0.1, -0.05) is 26.0 Å². The lowest BCUT2D eigenvalue weighted by Gasteiger charge is -2.12. The fourth-order valence-electron chi connectivity index (χ4n) is 3.35. The summed E-state index contributed by atoms with van der Waals surface area (Å²) >= 11 is 0. The van der Waals surface area contributed by atoms with Crippen LogP contribution in [0.15, 0.2) is 48.2 Å². The van der Waals surface area contributed by atoms with Crippen molar-refractivity contribution in [1.82, 2.24) is 4.90 Å². The van der Waals surface area contributed by atoms with Crippen molar-refractivity contribution in [2.24, 2.45) is 5.92 Å². The second kappa shape index (κ2) is 8.10. The Morgan fingerprint density at radius 2 is 1.77 bits per heavy atom. The van der Waals surface area contributed by atoms with Gasteiger partial charge in [0.15, 0.2) is 11.5 Å². The zero-order chi connectivity index (χ0) is 21.3. The van der Waals surface area contributed by atoms with E-state index in [2.05, 4.69) is 19.2 Å². The predicted molar refractivity (Wildman–Crippen MR) is 112 cm³/mol. The third-order valence-corrected chi connectivity index (χ3v) is 4.85. The van der Waals surface area contributed by atoms with E-state index in [4.69, 9.17) is 14.2 Å². The van der Waals surface area contributed by atoms with Crippen LogP contribution in [0.2, 0.25) is 0 Å². The minimum absolute atomic E-state index is 0.166. The number of hydrogen-bond donors (Lipinski definition) is 1. The lowest BCUT2D eigenvalue weighted by atomic mass is 10.0. The number of carbonyl (C=O) groups is 2. The topological polar surface area (TPSA) is 77.1 Å². The molecule has 7 nitrogen and oxygen atoms in total. The molecule has 0 bridgehead atoms. The second-order valence-electron chi connectivity index (χ2n) is 7.53. The zero-order valence-corrected chi connectivity index (χ0v) is 17.2. The molecule has 2 heterocycles. The van der Waals surface area contributed by atoms with E-state index >= 15 is 0 Å². The van der Waals surface area contributed by atoms with Crippen LogP contribution in [0.5, 0.6) is 17.2 Å². The highest BCUT2D eigenvalue weighted by molar-refractivity contribution is 6.36. The number of nitrogens with zero attached hydrogens (tertiary/aromatic N) is 1. The van der Waals surface area contributed by atoms with E-state index < -0.39 is 0 Å². The third kappa shape index (κ3) is 3.70. The van der Waals surface area contributed by atoms with Gasteiger partial charge in [-0.15, -0.1) is 0 Å². The van der Waals surface area contributed by atoms with E-state index in [9.17, 15) is 9.59 Å². The molecule has 0 radical (unpaired) electrons. The van der Waals surface area contributed by atoms with Gasteiger partial charge in [0.05, 0.1) is 12.2 Å². The van der Waals surface area contributed by atoms with Crippen molar-refractivity contribution in [1.29, 1.82) is 0 Å². The molecule has 4 rings (SSSR count). The van der Waals surface area contributed by atoms with Gasteiger partial charge in [-0.2, -0.15) is 0 Å². The molecule has 2 aliphatic heterocycles. The average molecular weight is 408 g/mol. The van der Waals surface area contributed by atoms with Crippen molar-refractivity contribution in [3.8, 4) is 17.2 Å². The first-order chi connectivity index (χ1) is 14.5. The quantitative estimate of drug-likeness (QED) is 0.705. The maximum absolute atomic E-state index is 13.0. The SMILES string of the molecule is CCN1C(=O)C(Nc2ccc3c(c2)OCO3)=C(c2ccc(OCC(C)C)cc2)C1=O. The molecule has 0 saturated heterocycles. The van der Waals surface area contributed by atoms with Gasteiger partial charge in [-0.3, -0.25) is 14.5 Å². The summed E-state index contributed by atoms with van der Waals surface area (Å²) in [5.41, 5.74) is 1.89. The number of imide groups is 1. The second-order valence-corrected chi connectivity index (χ2v) is 7.53. The molecule has 0 unspecified atom stereocenters. The van der Waals surface area contributed by atoms with Crippen LogP contribution in [-0.2, 0) is 9.59 Å². The fraction of sp³-hybridized carbons (Fsp3) is 0.304. The van der Waals surface area contributed by atoms with Gasteiger partial charge in [-0.25, -0.2) is 0 Å². The molecule has 2 aliphatic rings. The summed E-state index contributed by atoms with van der Waals surface area (Å²) in [5, 5.41) is 3.12. The molecule has 30 heavy (non-hydrogen) atoms. The van der Waals surface area contributed by atoms with E-state index in [1.165, 1.54) is 4.90 Å². The Morgan fingerprint density at radius 1 is 1.03 bits per heavy atom. The monoisotopic (exact) mass is 408 g/mol. The van der Waals surface area contributed by atoms with Crippen molar-refractivity contribution in [2.45, 2.75) is 20.8 Å². The van der Waals surface area contributed by atoms with Crippen molar-refractivity contribution in [2.75, 3.05) is 25.3 Å². The Balaban J connectivity index is 1.66. The summed E-state index contributed by atoms with van der Waals surface area (Å²) in [6.07, 6.45) is 0. The Morgan fingerprint density at radius 3 is 2.47 bits per heavy atom. The molecule has 2 amide bonds. The molecular formula is C23H24N2O5. The molecule has 0 saturated carbocycles. The average Bonchev–Trinajstić information content (AvgIpc) is 3.29. The van der Waals surface area contributed by atoms with E-state index in [0.29, 0.717) is 47.4 Å². The lowest BCUT2D eigenvalue weighted by molar-refractivity contribution is -0.136. The number of fused-ring (bicyclic) bond motifs is 1. The molecule has 0 aliphatic carbocycles. The van der Waals surface area contributed by atoms with Gasteiger partial charge in [0.25, 0.3) is 11.8 Å². The van der Waals surface area contributed by atoms with Crippen LogP contribution in [0.3, 0.4) is 0 Å². The number of anilines is 1. The summed E-state index contributed by atoms with van der Waals surface area (Å²) in [6.45, 7) is 7.01. The molecule has 2 aromatic carbocycles. The molecule has 1 N–H and O–H groups in total. The minimum Gasteiger partial charge on any atom is -0.493 e. The van der Waals surface area contributed by atoms with Crippen LogP contribution in [0.4, 0.5) is 5.69 Å². The van der Waals surface area contributed by atoms with E-state index in [0.717, 1.165) is 5.75 Å². The molecule has 0 aromatic heterocycles. The highest BCUT2D eigenvalue weighted by Crippen LogP contribution is 2.36. The van der Waals surface area contributed by atoms with E-state index in [-0.39, 0.29) is 24.3 Å². The van der Waals surface area contributed by atoms with E-state index in [1.807, 2.05) is 12.1 Å². The Hall–Kier alpha value is -3.48. The van der Waals surface area contributed by atoms with Gasteiger partial charge < -0.3 is 19.5 Å². The van der Waals surface area contributed by atoms with Crippen molar-refractivity contribution < 1.29 is 23.8 Å². The van der Waals surface area contributed by atoms with Crippen LogP contribution < -0.4 is 19.5 Å². The number of carbonyl (C=O) groups excluding carboxylic acids is 2. The van der Waals surface area contributed by atoms with Gasteiger partial charge in [0, 0.05) is 18.3 Å². The molecule has 0 atom stereocenters. The summed E-state index contributed by atoms with van der Waals surface area (Å²) in [7, 11) is 0. The van der Waals surface area contributed by atoms with E-state index in [1.54, 1.807) is 37.3 Å². The Labute approximate surface area is 175 Å². The first-order valence-electron chi connectivity index (χ1n) is 9.98.